The Kier molecular flexibility index (Phi) is 4.57. The lowest BCUT2D eigenvalue weighted by Crippen LogP contribution is -2.23. The molecule has 0 fully saturated rings. The molecule has 0 spiro atoms. The van der Waals surface area contributed by atoms with Gasteiger partial charge in [-0.3, -0.25) is 9.59 Å². The number of hydrogen-bond donors (Lipinski definition) is 1. The summed E-state index contributed by atoms with van der Waals surface area (Å²) in [5, 5.41) is 3.13. The largest absolute Gasteiger partial charge is 0.496 e. The highest BCUT2D eigenvalue weighted by atomic mass is 16.5. The van der Waals surface area contributed by atoms with Crippen LogP contribution in [0, 0.1) is 6.92 Å². The van der Waals surface area contributed by atoms with Crippen LogP contribution in [-0.2, 0) is 0 Å². The minimum absolute atomic E-state index is 0.159. The van der Waals surface area contributed by atoms with Crippen molar-refractivity contribution in [3.63, 3.8) is 0 Å². The highest BCUT2D eigenvalue weighted by molar-refractivity contribution is 6.05. The fraction of sp³-hybridized carbons (Fsp3) is 0.200. The Hall–Kier alpha value is -3.08. The lowest BCUT2D eigenvalue weighted by atomic mass is 10.0. The van der Waals surface area contributed by atoms with E-state index in [0.29, 0.717) is 40.1 Å². The number of carbonyl (C=O) groups excluding carboxylic acids is 1. The first-order valence-corrected chi connectivity index (χ1v) is 8.06. The Morgan fingerprint density at radius 3 is 2.64 bits per heavy atom. The maximum Gasteiger partial charge on any atom is 0.255 e. The first-order chi connectivity index (χ1) is 12.1. The van der Waals surface area contributed by atoms with Crippen molar-refractivity contribution in [2.45, 2.75) is 13.8 Å². The van der Waals surface area contributed by atoms with Gasteiger partial charge >= 0.3 is 0 Å². The second-order valence-corrected chi connectivity index (χ2v) is 5.63. The molecule has 0 radical (unpaired) electrons. The third kappa shape index (κ3) is 2.89. The number of ether oxygens (including phenoxy) is 1. The van der Waals surface area contributed by atoms with Crippen molar-refractivity contribution in [2.24, 2.45) is 0 Å². The molecule has 0 bridgehead atoms. The summed E-state index contributed by atoms with van der Waals surface area (Å²) < 4.78 is 11.4. The van der Waals surface area contributed by atoms with Gasteiger partial charge in [-0.2, -0.15) is 0 Å². The van der Waals surface area contributed by atoms with E-state index in [9.17, 15) is 9.59 Å². The van der Waals surface area contributed by atoms with Crippen molar-refractivity contribution in [2.75, 3.05) is 13.7 Å². The van der Waals surface area contributed by atoms with E-state index in [4.69, 9.17) is 9.15 Å². The molecule has 5 heteroatoms. The normalized spacial score (nSPS) is 10.7. The number of rotatable bonds is 4. The quantitative estimate of drug-likeness (QED) is 0.791. The zero-order valence-corrected chi connectivity index (χ0v) is 14.4. The molecule has 128 valence electrons. The van der Waals surface area contributed by atoms with Crippen LogP contribution in [0.1, 0.15) is 22.8 Å². The minimum Gasteiger partial charge on any atom is -0.496 e. The summed E-state index contributed by atoms with van der Waals surface area (Å²) in [6, 6.07) is 12.3. The third-order valence-electron chi connectivity index (χ3n) is 4.08. The van der Waals surface area contributed by atoms with Crippen molar-refractivity contribution in [3.05, 3.63) is 63.8 Å². The van der Waals surface area contributed by atoms with Gasteiger partial charge in [0, 0.05) is 12.1 Å². The van der Waals surface area contributed by atoms with Gasteiger partial charge in [0.2, 0.25) is 0 Å². The highest BCUT2D eigenvalue weighted by Crippen LogP contribution is 2.33. The van der Waals surface area contributed by atoms with Crippen LogP contribution < -0.4 is 15.5 Å². The predicted octanol–water partition coefficient (Wildman–Crippen LogP) is 3.53. The summed E-state index contributed by atoms with van der Waals surface area (Å²) in [4.78, 5) is 25.2. The fourth-order valence-electron chi connectivity index (χ4n) is 2.83. The molecule has 1 aromatic heterocycles. The van der Waals surface area contributed by atoms with Crippen LogP contribution in [0.5, 0.6) is 5.75 Å². The molecule has 1 N–H and O–H groups in total. The van der Waals surface area contributed by atoms with E-state index in [1.165, 1.54) is 0 Å². The average Bonchev–Trinajstić information content (AvgIpc) is 2.64. The fourth-order valence-corrected chi connectivity index (χ4v) is 2.83. The lowest BCUT2D eigenvalue weighted by molar-refractivity contribution is 0.0956. The molecule has 3 rings (SSSR count). The zero-order chi connectivity index (χ0) is 18.0. The molecule has 0 aliphatic heterocycles. The molecule has 1 amide bonds. The van der Waals surface area contributed by atoms with Gasteiger partial charge in [-0.1, -0.05) is 18.2 Å². The number of methoxy groups -OCH3 is 1. The molecular weight excluding hydrogens is 318 g/mol. The van der Waals surface area contributed by atoms with Crippen LogP contribution >= 0.6 is 0 Å². The second-order valence-electron chi connectivity index (χ2n) is 5.63. The van der Waals surface area contributed by atoms with Crippen LogP contribution in [0.25, 0.3) is 22.3 Å². The summed E-state index contributed by atoms with van der Waals surface area (Å²) in [5.41, 5.74) is 1.61. The monoisotopic (exact) mass is 337 g/mol. The average molecular weight is 337 g/mol. The van der Waals surface area contributed by atoms with E-state index >= 15 is 0 Å². The summed E-state index contributed by atoms with van der Waals surface area (Å²) in [6.45, 7) is 4.04. The molecule has 0 saturated carbocycles. The van der Waals surface area contributed by atoms with Crippen LogP contribution in [0.2, 0.25) is 0 Å². The second kappa shape index (κ2) is 6.81. The molecule has 0 saturated heterocycles. The smallest absolute Gasteiger partial charge is 0.255 e. The molecule has 3 aromatic rings. The number of amides is 1. The summed E-state index contributed by atoms with van der Waals surface area (Å²) in [7, 11) is 1.56. The molecule has 2 aromatic carbocycles. The number of hydrogen-bond acceptors (Lipinski definition) is 4. The predicted molar refractivity (Wildman–Crippen MR) is 97.2 cm³/mol. The topological polar surface area (TPSA) is 68.5 Å². The summed E-state index contributed by atoms with van der Waals surface area (Å²) >= 11 is 0. The molecule has 5 nitrogen and oxygen atoms in total. The number of carbonyl (C=O) groups is 1. The molecular formula is C20H19NO4. The van der Waals surface area contributed by atoms with Crippen molar-refractivity contribution in [1.29, 1.82) is 0 Å². The van der Waals surface area contributed by atoms with E-state index in [1.54, 1.807) is 38.3 Å². The van der Waals surface area contributed by atoms with Crippen LogP contribution in [-0.4, -0.2) is 19.6 Å². The minimum atomic E-state index is -0.272. The van der Waals surface area contributed by atoms with Gasteiger partial charge in [0.15, 0.2) is 11.0 Å². The van der Waals surface area contributed by atoms with E-state index < -0.39 is 0 Å². The van der Waals surface area contributed by atoms with E-state index in [0.717, 1.165) is 0 Å². The molecule has 0 aliphatic carbocycles. The maximum absolute atomic E-state index is 12.8. The molecule has 0 unspecified atom stereocenters. The van der Waals surface area contributed by atoms with Gasteiger partial charge < -0.3 is 14.5 Å². The van der Waals surface area contributed by atoms with E-state index in [1.807, 2.05) is 25.1 Å². The number of nitrogens with one attached hydrogen (secondary N) is 1. The van der Waals surface area contributed by atoms with Gasteiger partial charge in [-0.15, -0.1) is 0 Å². The number of benzene rings is 2. The Bertz CT molecular complexity index is 1000. The van der Waals surface area contributed by atoms with E-state index in [2.05, 4.69) is 5.32 Å². The summed E-state index contributed by atoms with van der Waals surface area (Å²) in [6.07, 6.45) is 0. The van der Waals surface area contributed by atoms with Gasteiger partial charge in [0.05, 0.1) is 23.6 Å². The van der Waals surface area contributed by atoms with Crippen LogP contribution in [0.4, 0.5) is 0 Å². The molecule has 1 heterocycles. The Labute approximate surface area is 145 Å². The summed E-state index contributed by atoms with van der Waals surface area (Å²) in [5.74, 6) is 0.737. The molecule has 25 heavy (non-hydrogen) atoms. The first kappa shape index (κ1) is 16.8. The van der Waals surface area contributed by atoms with Gasteiger partial charge in [-0.05, 0) is 38.1 Å². The van der Waals surface area contributed by atoms with Crippen LogP contribution in [0.3, 0.4) is 0 Å². The van der Waals surface area contributed by atoms with Gasteiger partial charge in [-0.25, -0.2) is 0 Å². The van der Waals surface area contributed by atoms with Crippen molar-refractivity contribution < 1.29 is 13.9 Å². The molecule has 0 aliphatic rings. The Morgan fingerprint density at radius 2 is 1.92 bits per heavy atom. The molecule has 0 atom stereocenters. The number of para-hydroxylation sites is 2. The van der Waals surface area contributed by atoms with Crippen molar-refractivity contribution >= 4 is 16.9 Å². The Balaban J connectivity index is 2.35. The van der Waals surface area contributed by atoms with E-state index in [-0.39, 0.29) is 16.9 Å². The maximum atomic E-state index is 12.8. The highest BCUT2D eigenvalue weighted by Gasteiger charge is 2.19. The SMILES string of the molecule is CCNC(=O)c1cccc2c(=O)c(C)c(-c3ccccc3OC)oc12. The van der Waals surface area contributed by atoms with Gasteiger partial charge in [0.1, 0.15) is 11.5 Å². The van der Waals surface area contributed by atoms with Crippen molar-refractivity contribution in [1.82, 2.24) is 5.32 Å². The van der Waals surface area contributed by atoms with Gasteiger partial charge in [0.25, 0.3) is 5.91 Å². The number of fused-ring (bicyclic) bond motifs is 1. The third-order valence-corrected chi connectivity index (χ3v) is 4.08. The zero-order valence-electron chi connectivity index (χ0n) is 14.4. The standard InChI is InChI=1S/C20H19NO4/c1-4-21-20(23)15-10-7-9-14-17(22)12(2)18(25-19(14)15)13-8-5-6-11-16(13)24-3/h5-11H,4H2,1-3H3,(H,21,23). The first-order valence-electron chi connectivity index (χ1n) is 8.06. The lowest BCUT2D eigenvalue weighted by Gasteiger charge is -2.12. The Morgan fingerprint density at radius 1 is 1.16 bits per heavy atom. The van der Waals surface area contributed by atoms with Crippen molar-refractivity contribution in [3.8, 4) is 17.1 Å². The van der Waals surface area contributed by atoms with Crippen LogP contribution in [0.15, 0.2) is 51.7 Å².